The van der Waals surface area contributed by atoms with E-state index in [-0.39, 0.29) is 0 Å². The average Bonchev–Trinajstić information content (AvgIpc) is 2.59. The van der Waals surface area contributed by atoms with E-state index in [9.17, 15) is 0 Å². The van der Waals surface area contributed by atoms with E-state index < -0.39 is 0 Å². The molecule has 23 heavy (non-hydrogen) atoms. The third-order valence-electron chi connectivity index (χ3n) is 3.84. The smallest absolute Gasteiger partial charge is 0.123 e. The summed E-state index contributed by atoms with van der Waals surface area (Å²) in [6.07, 6.45) is 1.76. The van der Waals surface area contributed by atoms with Gasteiger partial charge >= 0.3 is 0 Å². The monoisotopic (exact) mass is 317 g/mol. The Hall–Kier alpha value is -2.72. The minimum Gasteiger partial charge on any atom is -0.384 e. The molecule has 3 aromatic rings. The van der Waals surface area contributed by atoms with Crippen LogP contribution in [0.25, 0.3) is 5.57 Å². The van der Waals surface area contributed by atoms with Crippen LogP contribution in [0.1, 0.15) is 11.1 Å². The van der Waals surface area contributed by atoms with Crippen LogP contribution in [0.2, 0.25) is 0 Å². The summed E-state index contributed by atoms with van der Waals surface area (Å²) >= 11 is 1.78. The van der Waals surface area contributed by atoms with Gasteiger partial charge < -0.3 is 11.1 Å². The van der Waals surface area contributed by atoms with E-state index in [0.717, 1.165) is 28.1 Å². The van der Waals surface area contributed by atoms with E-state index in [1.807, 2.05) is 12.1 Å². The topological polar surface area (TPSA) is 50.9 Å². The molecule has 0 radical (unpaired) electrons. The molecule has 112 valence electrons. The lowest BCUT2D eigenvalue weighted by Gasteiger charge is -2.21. The fourth-order valence-electron chi connectivity index (χ4n) is 2.58. The third kappa shape index (κ3) is 2.58. The van der Waals surface area contributed by atoms with Crippen LogP contribution < -0.4 is 11.1 Å². The molecule has 1 aliphatic heterocycles. The van der Waals surface area contributed by atoms with Gasteiger partial charge in [0.15, 0.2) is 0 Å². The zero-order valence-electron chi connectivity index (χ0n) is 12.4. The molecule has 0 saturated heterocycles. The first-order valence-corrected chi connectivity index (χ1v) is 8.11. The number of hydrogen-bond donors (Lipinski definition) is 2. The number of fused-ring (bicyclic) bond motifs is 2. The molecule has 0 unspecified atom stereocenters. The van der Waals surface area contributed by atoms with Gasteiger partial charge in [-0.05, 0) is 47.5 Å². The molecule has 0 saturated carbocycles. The molecule has 4 rings (SSSR count). The standard InChI is InChI=1S/C19H15N3S/c1-12(14-7-9-19(20)21-11-14)13-6-8-18-16(10-13)22-15-4-2-3-5-17(15)23-18/h2-11,22H,1H2,(H2,20,21). The molecule has 4 heteroatoms. The van der Waals surface area contributed by atoms with Crippen molar-refractivity contribution in [1.82, 2.24) is 4.98 Å². The van der Waals surface area contributed by atoms with E-state index in [0.29, 0.717) is 5.82 Å². The van der Waals surface area contributed by atoms with Gasteiger partial charge in [-0.2, -0.15) is 0 Å². The number of nitrogens with two attached hydrogens (primary N) is 1. The zero-order valence-corrected chi connectivity index (χ0v) is 13.2. The highest BCUT2D eigenvalue weighted by atomic mass is 32.2. The Labute approximate surface area is 139 Å². The zero-order chi connectivity index (χ0) is 15.8. The molecule has 0 aliphatic carbocycles. The van der Waals surface area contributed by atoms with Gasteiger partial charge in [0.1, 0.15) is 5.82 Å². The Kier molecular flexibility index (Phi) is 3.32. The van der Waals surface area contributed by atoms with Crippen LogP contribution in [0.4, 0.5) is 17.2 Å². The molecule has 2 aromatic carbocycles. The van der Waals surface area contributed by atoms with Gasteiger partial charge in [0, 0.05) is 21.6 Å². The van der Waals surface area contributed by atoms with Crippen LogP contribution in [-0.2, 0) is 0 Å². The lowest BCUT2D eigenvalue weighted by atomic mass is 10.0. The van der Waals surface area contributed by atoms with Crippen molar-refractivity contribution < 1.29 is 0 Å². The average molecular weight is 317 g/mol. The van der Waals surface area contributed by atoms with Crippen molar-refractivity contribution >= 4 is 34.5 Å². The molecule has 0 amide bonds. The van der Waals surface area contributed by atoms with Crippen molar-refractivity contribution in [1.29, 1.82) is 0 Å². The van der Waals surface area contributed by atoms with Gasteiger partial charge in [-0.25, -0.2) is 4.98 Å². The van der Waals surface area contributed by atoms with Crippen molar-refractivity contribution in [2.24, 2.45) is 0 Å². The van der Waals surface area contributed by atoms with Gasteiger partial charge in [-0.15, -0.1) is 0 Å². The second-order valence-electron chi connectivity index (χ2n) is 5.38. The van der Waals surface area contributed by atoms with E-state index in [4.69, 9.17) is 5.73 Å². The van der Waals surface area contributed by atoms with Crippen molar-refractivity contribution in [3.63, 3.8) is 0 Å². The van der Waals surface area contributed by atoms with Gasteiger partial charge in [0.05, 0.1) is 11.4 Å². The number of anilines is 3. The van der Waals surface area contributed by atoms with Crippen LogP contribution in [0, 0.1) is 0 Å². The number of nitrogen functional groups attached to an aromatic ring is 1. The maximum absolute atomic E-state index is 5.65. The number of hydrogen-bond acceptors (Lipinski definition) is 4. The van der Waals surface area contributed by atoms with Crippen LogP contribution >= 0.6 is 11.8 Å². The first-order valence-electron chi connectivity index (χ1n) is 7.30. The highest BCUT2D eigenvalue weighted by Gasteiger charge is 2.16. The van der Waals surface area contributed by atoms with E-state index in [1.54, 1.807) is 24.0 Å². The number of benzene rings is 2. The van der Waals surface area contributed by atoms with Gasteiger partial charge in [0.25, 0.3) is 0 Å². The molecular formula is C19H15N3S. The molecule has 0 spiro atoms. The van der Waals surface area contributed by atoms with Crippen molar-refractivity contribution in [2.45, 2.75) is 9.79 Å². The number of aromatic nitrogens is 1. The van der Waals surface area contributed by atoms with Crippen LogP contribution in [0.5, 0.6) is 0 Å². The normalized spacial score (nSPS) is 12.0. The molecule has 3 N–H and O–H groups in total. The predicted octanol–water partition coefficient (Wildman–Crippen LogP) is 4.93. The molecule has 1 aliphatic rings. The Morgan fingerprint density at radius 3 is 2.57 bits per heavy atom. The summed E-state index contributed by atoms with van der Waals surface area (Å²) < 4.78 is 0. The van der Waals surface area contributed by atoms with Gasteiger partial charge in [-0.1, -0.05) is 36.5 Å². The first kappa shape index (κ1) is 13.9. The maximum atomic E-state index is 5.65. The lowest BCUT2D eigenvalue weighted by Crippen LogP contribution is -2.00. The Balaban J connectivity index is 1.68. The van der Waals surface area contributed by atoms with E-state index in [2.05, 4.69) is 53.3 Å². The molecule has 0 atom stereocenters. The summed E-state index contributed by atoms with van der Waals surface area (Å²) in [4.78, 5) is 6.60. The quantitative estimate of drug-likeness (QED) is 0.550. The summed E-state index contributed by atoms with van der Waals surface area (Å²) in [5.74, 6) is 0.515. The number of nitrogens with one attached hydrogen (secondary N) is 1. The second kappa shape index (κ2) is 5.48. The van der Waals surface area contributed by atoms with Crippen LogP contribution in [0.15, 0.2) is 77.2 Å². The fourth-order valence-corrected chi connectivity index (χ4v) is 3.55. The minimum atomic E-state index is 0.515. The Morgan fingerprint density at radius 1 is 0.957 bits per heavy atom. The predicted molar refractivity (Wildman–Crippen MR) is 97.1 cm³/mol. The summed E-state index contributed by atoms with van der Waals surface area (Å²) in [5.41, 5.74) is 10.9. The first-order chi connectivity index (χ1) is 11.2. The maximum Gasteiger partial charge on any atom is 0.123 e. The summed E-state index contributed by atoms with van der Waals surface area (Å²) in [7, 11) is 0. The molecule has 0 bridgehead atoms. The summed E-state index contributed by atoms with van der Waals surface area (Å²) in [6.45, 7) is 4.20. The summed E-state index contributed by atoms with van der Waals surface area (Å²) in [5, 5.41) is 3.50. The summed E-state index contributed by atoms with van der Waals surface area (Å²) in [6, 6.07) is 18.4. The Bertz CT molecular complexity index is 901. The van der Waals surface area contributed by atoms with Gasteiger partial charge in [0.2, 0.25) is 0 Å². The number of pyridine rings is 1. The lowest BCUT2D eigenvalue weighted by molar-refractivity contribution is 1.30. The molecule has 2 heterocycles. The Morgan fingerprint density at radius 2 is 1.74 bits per heavy atom. The highest BCUT2D eigenvalue weighted by Crippen LogP contribution is 2.44. The molecule has 1 aromatic heterocycles. The molecule has 0 fully saturated rings. The number of para-hydroxylation sites is 1. The van der Waals surface area contributed by atoms with Gasteiger partial charge in [-0.3, -0.25) is 0 Å². The number of rotatable bonds is 2. The van der Waals surface area contributed by atoms with E-state index >= 15 is 0 Å². The third-order valence-corrected chi connectivity index (χ3v) is 4.99. The fraction of sp³-hybridized carbons (Fsp3) is 0. The van der Waals surface area contributed by atoms with E-state index in [1.165, 1.54) is 9.79 Å². The van der Waals surface area contributed by atoms with Crippen molar-refractivity contribution in [3.05, 3.63) is 78.5 Å². The number of nitrogens with zero attached hydrogens (tertiary/aromatic N) is 1. The molecular weight excluding hydrogens is 302 g/mol. The largest absolute Gasteiger partial charge is 0.384 e. The molecule has 3 nitrogen and oxygen atoms in total. The van der Waals surface area contributed by atoms with Crippen molar-refractivity contribution in [2.75, 3.05) is 11.1 Å². The minimum absolute atomic E-state index is 0.515. The second-order valence-corrected chi connectivity index (χ2v) is 6.47. The highest BCUT2D eigenvalue weighted by molar-refractivity contribution is 7.99. The SMILES string of the molecule is C=C(c1ccc(N)nc1)c1ccc2c(c1)Nc1ccccc1S2. The van der Waals surface area contributed by atoms with Crippen LogP contribution in [0.3, 0.4) is 0 Å². The van der Waals surface area contributed by atoms with Crippen LogP contribution in [-0.4, -0.2) is 4.98 Å². The van der Waals surface area contributed by atoms with Crippen molar-refractivity contribution in [3.8, 4) is 0 Å².